The molecule has 1 aromatic rings. The highest BCUT2D eigenvalue weighted by Gasteiger charge is 2.20. The minimum atomic E-state index is -2.53. The Morgan fingerprint density at radius 1 is 1.67 bits per heavy atom. The summed E-state index contributed by atoms with van der Waals surface area (Å²) in [6.45, 7) is -0.330. The van der Waals surface area contributed by atoms with Crippen molar-refractivity contribution in [3.63, 3.8) is 0 Å². The summed E-state index contributed by atoms with van der Waals surface area (Å²) in [6.07, 6.45) is -1.26. The quantitative estimate of drug-likeness (QED) is 0.777. The molecular weight excluding hydrogens is 292 g/mol. The highest BCUT2D eigenvalue weighted by atomic mass is 79.9. The number of hydrogen-bond acceptors (Lipinski definition) is 4. The van der Waals surface area contributed by atoms with Crippen molar-refractivity contribution in [1.29, 1.82) is 0 Å². The molecule has 0 saturated carbocycles. The summed E-state index contributed by atoms with van der Waals surface area (Å²) in [6, 6.07) is 0. The lowest BCUT2D eigenvalue weighted by atomic mass is 10.4. The molecule has 0 aliphatic heterocycles. The lowest BCUT2D eigenvalue weighted by molar-refractivity contribution is 0.0576. The van der Waals surface area contributed by atoms with E-state index >= 15 is 0 Å². The fourth-order valence-electron chi connectivity index (χ4n) is 0.962. The molecule has 0 spiro atoms. The molecular formula is C7H8BrF2N3OS. The monoisotopic (exact) mass is 299 g/mol. The normalized spacial score (nSPS) is 10.7. The van der Waals surface area contributed by atoms with Crippen molar-refractivity contribution in [3.05, 3.63) is 11.1 Å². The van der Waals surface area contributed by atoms with Crippen molar-refractivity contribution in [2.75, 3.05) is 18.4 Å². The van der Waals surface area contributed by atoms with Gasteiger partial charge in [0.05, 0.1) is 12.7 Å². The van der Waals surface area contributed by atoms with Crippen LogP contribution in [0.15, 0.2) is 6.20 Å². The maximum Gasteiger partial charge on any atom is 0.267 e. The van der Waals surface area contributed by atoms with Crippen molar-refractivity contribution in [3.8, 4) is 0 Å². The summed E-state index contributed by atoms with van der Waals surface area (Å²) < 4.78 is 27.9. The molecule has 0 radical (unpaired) electrons. The summed E-state index contributed by atoms with van der Waals surface area (Å²) in [5.41, 5.74) is 0. The van der Waals surface area contributed by atoms with Crippen molar-refractivity contribution in [2.24, 2.45) is 0 Å². The Morgan fingerprint density at radius 3 is 2.87 bits per heavy atom. The molecule has 0 unspecified atom stereocenters. The van der Waals surface area contributed by atoms with Crippen LogP contribution in [-0.4, -0.2) is 45.2 Å². The second-order valence-electron chi connectivity index (χ2n) is 2.61. The predicted molar refractivity (Wildman–Crippen MR) is 55.6 cm³/mol. The smallest absolute Gasteiger partial charge is 0.267 e. The Bertz CT molecular complexity index is 309. The lowest BCUT2D eigenvalue weighted by Crippen LogP contribution is -2.36. The third kappa shape index (κ3) is 3.78. The van der Waals surface area contributed by atoms with Crippen LogP contribution in [0, 0.1) is 0 Å². The van der Waals surface area contributed by atoms with Crippen molar-refractivity contribution in [1.82, 2.24) is 14.5 Å². The van der Waals surface area contributed by atoms with Gasteiger partial charge in [0.25, 0.3) is 12.3 Å². The Kier molecular flexibility index (Phi) is 5.03. The second-order valence-corrected chi connectivity index (χ2v) is 4.19. The Balaban J connectivity index is 2.67. The average Bonchev–Trinajstić information content (AvgIpc) is 2.68. The fraction of sp³-hybridized carbons (Fsp3) is 0.571. The zero-order valence-corrected chi connectivity index (χ0v) is 9.97. The minimum Gasteiger partial charge on any atom is -0.331 e. The van der Waals surface area contributed by atoms with E-state index in [0.717, 1.165) is 16.4 Å². The van der Waals surface area contributed by atoms with Gasteiger partial charge in [0.2, 0.25) is 0 Å². The van der Waals surface area contributed by atoms with Gasteiger partial charge in [-0.05, 0) is 11.5 Å². The van der Waals surface area contributed by atoms with Crippen LogP contribution in [-0.2, 0) is 0 Å². The molecule has 1 rings (SSSR count). The van der Waals surface area contributed by atoms with Crippen LogP contribution < -0.4 is 0 Å². The topological polar surface area (TPSA) is 46.1 Å². The van der Waals surface area contributed by atoms with Gasteiger partial charge in [-0.15, -0.1) is 5.10 Å². The van der Waals surface area contributed by atoms with Crippen LogP contribution in [0.3, 0.4) is 0 Å². The van der Waals surface area contributed by atoms with E-state index in [2.05, 4.69) is 25.5 Å². The average molecular weight is 300 g/mol. The van der Waals surface area contributed by atoms with E-state index in [0.29, 0.717) is 5.33 Å². The first kappa shape index (κ1) is 12.4. The third-order valence-electron chi connectivity index (χ3n) is 1.57. The van der Waals surface area contributed by atoms with Gasteiger partial charge >= 0.3 is 0 Å². The first-order valence-electron chi connectivity index (χ1n) is 4.06. The zero-order valence-electron chi connectivity index (χ0n) is 7.57. The molecule has 15 heavy (non-hydrogen) atoms. The van der Waals surface area contributed by atoms with E-state index in [4.69, 9.17) is 0 Å². The van der Waals surface area contributed by atoms with E-state index in [1.54, 1.807) is 0 Å². The van der Waals surface area contributed by atoms with E-state index < -0.39 is 18.9 Å². The number of halogens is 3. The number of nitrogens with zero attached hydrogens (tertiary/aromatic N) is 3. The van der Waals surface area contributed by atoms with E-state index in [9.17, 15) is 13.6 Å². The molecule has 84 valence electrons. The molecule has 0 saturated heterocycles. The van der Waals surface area contributed by atoms with Crippen molar-refractivity contribution >= 4 is 33.4 Å². The molecule has 0 bridgehead atoms. The largest absolute Gasteiger partial charge is 0.331 e. The second kappa shape index (κ2) is 6.06. The van der Waals surface area contributed by atoms with Crippen LogP contribution in [0.2, 0.25) is 0 Å². The van der Waals surface area contributed by atoms with Gasteiger partial charge in [-0.1, -0.05) is 20.4 Å². The summed E-state index contributed by atoms with van der Waals surface area (Å²) in [4.78, 5) is 13.0. The number of alkyl halides is 3. The first-order valence-corrected chi connectivity index (χ1v) is 5.95. The number of hydrogen-bond donors (Lipinski definition) is 0. The number of carbonyl (C=O) groups excluding carboxylic acids is 1. The minimum absolute atomic E-state index is 0.237. The van der Waals surface area contributed by atoms with Gasteiger partial charge in [-0.3, -0.25) is 4.79 Å². The number of aromatic nitrogens is 2. The summed E-state index contributed by atoms with van der Waals surface area (Å²) >= 11 is 4.00. The number of rotatable bonds is 5. The molecule has 0 aliphatic carbocycles. The van der Waals surface area contributed by atoms with Gasteiger partial charge in [0.1, 0.15) is 4.88 Å². The maximum atomic E-state index is 12.2. The molecule has 0 fully saturated rings. The van der Waals surface area contributed by atoms with E-state index in [1.807, 2.05) is 0 Å². The van der Waals surface area contributed by atoms with Crippen molar-refractivity contribution in [2.45, 2.75) is 6.43 Å². The lowest BCUT2D eigenvalue weighted by Gasteiger charge is -2.19. The first-order chi connectivity index (χ1) is 7.15. The summed E-state index contributed by atoms with van der Waals surface area (Å²) in [5, 5.41) is 3.94. The molecule has 0 aliphatic rings. The fourth-order valence-corrected chi connectivity index (χ4v) is 1.87. The zero-order chi connectivity index (χ0) is 11.3. The highest BCUT2D eigenvalue weighted by Crippen LogP contribution is 2.09. The van der Waals surface area contributed by atoms with Gasteiger partial charge in [0.15, 0.2) is 0 Å². The number of amides is 1. The van der Waals surface area contributed by atoms with Crippen molar-refractivity contribution < 1.29 is 13.6 Å². The molecule has 1 aromatic heterocycles. The van der Waals surface area contributed by atoms with Gasteiger partial charge in [-0.2, -0.15) is 0 Å². The van der Waals surface area contributed by atoms with E-state index in [1.165, 1.54) is 6.20 Å². The van der Waals surface area contributed by atoms with E-state index in [-0.39, 0.29) is 11.4 Å². The molecule has 0 aromatic carbocycles. The Morgan fingerprint density at radius 2 is 2.40 bits per heavy atom. The molecule has 1 heterocycles. The SMILES string of the molecule is O=C(c1cnns1)N(CCBr)CC(F)F. The Hall–Kier alpha value is -0.630. The van der Waals surface area contributed by atoms with Gasteiger partial charge < -0.3 is 4.90 Å². The number of carbonyl (C=O) groups is 1. The highest BCUT2D eigenvalue weighted by molar-refractivity contribution is 9.09. The molecule has 8 heteroatoms. The van der Waals surface area contributed by atoms with Crippen LogP contribution in [0.1, 0.15) is 9.67 Å². The molecule has 1 amide bonds. The predicted octanol–water partition coefficient (Wildman–Crippen LogP) is 1.64. The third-order valence-corrected chi connectivity index (χ3v) is 2.58. The standard InChI is InChI=1S/C7H8BrF2N3OS/c8-1-2-13(4-6(9)10)7(14)5-3-11-12-15-5/h3,6H,1-2,4H2. The summed E-state index contributed by atoms with van der Waals surface area (Å²) in [5.74, 6) is -0.454. The van der Waals surface area contributed by atoms with Gasteiger partial charge in [-0.25, -0.2) is 8.78 Å². The molecule has 4 nitrogen and oxygen atoms in total. The molecule has 0 atom stereocenters. The summed E-state index contributed by atoms with van der Waals surface area (Å²) in [7, 11) is 0. The van der Waals surface area contributed by atoms with Gasteiger partial charge in [0, 0.05) is 11.9 Å². The molecule has 0 N–H and O–H groups in total. The van der Waals surface area contributed by atoms with Crippen LogP contribution in [0.4, 0.5) is 8.78 Å². The maximum absolute atomic E-state index is 12.2. The van der Waals surface area contributed by atoms with Crippen LogP contribution >= 0.6 is 27.5 Å². The van der Waals surface area contributed by atoms with Crippen LogP contribution in [0.5, 0.6) is 0 Å². The Labute approximate surface area is 97.6 Å². The van der Waals surface area contributed by atoms with Crippen LogP contribution in [0.25, 0.3) is 0 Å².